The normalized spacial score (nSPS) is 28.1. The van der Waals surface area contributed by atoms with Gasteiger partial charge in [-0.25, -0.2) is 0 Å². The van der Waals surface area contributed by atoms with Crippen LogP contribution >= 0.6 is 0 Å². The van der Waals surface area contributed by atoms with Crippen LogP contribution in [0.4, 0.5) is 0 Å². The summed E-state index contributed by atoms with van der Waals surface area (Å²) < 4.78 is 7.25. The molecule has 2 fully saturated rings. The van der Waals surface area contributed by atoms with E-state index in [2.05, 4.69) is 18.7 Å². The van der Waals surface area contributed by atoms with Gasteiger partial charge in [0.25, 0.3) is 5.91 Å². The minimum atomic E-state index is -0.782. The van der Waals surface area contributed by atoms with Crippen LogP contribution in [-0.4, -0.2) is 76.9 Å². The average Bonchev–Trinajstić information content (AvgIpc) is 2.96. The van der Waals surface area contributed by atoms with Crippen LogP contribution in [0.2, 0.25) is 0 Å². The molecule has 6 heteroatoms. The van der Waals surface area contributed by atoms with E-state index in [1.54, 1.807) is 0 Å². The molecular weight excluding hydrogens is 306 g/mol. The van der Waals surface area contributed by atoms with Gasteiger partial charge in [0.2, 0.25) is 0 Å². The number of aryl methyl sites for hydroxylation is 1. The lowest BCUT2D eigenvalue weighted by Crippen LogP contribution is -2.63. The van der Waals surface area contributed by atoms with Gasteiger partial charge in [-0.3, -0.25) is 9.69 Å². The number of likely N-dealkylation sites (tertiary alicyclic amines) is 1. The first kappa shape index (κ1) is 17.5. The zero-order chi connectivity index (χ0) is 17.4. The number of ether oxygens (including phenoxy) is 1. The average molecular weight is 335 g/mol. The Morgan fingerprint density at radius 1 is 1.29 bits per heavy atom. The number of aliphatic hydroxyl groups is 1. The molecule has 0 radical (unpaired) electrons. The smallest absolute Gasteiger partial charge is 0.270 e. The monoisotopic (exact) mass is 335 g/mol. The van der Waals surface area contributed by atoms with Crippen LogP contribution in [0, 0.1) is 5.41 Å². The van der Waals surface area contributed by atoms with Crippen LogP contribution in [0.15, 0.2) is 18.3 Å². The third-order valence-electron chi connectivity index (χ3n) is 5.68. The third-order valence-corrected chi connectivity index (χ3v) is 5.68. The lowest BCUT2D eigenvalue weighted by atomic mass is 9.69. The van der Waals surface area contributed by atoms with Gasteiger partial charge in [0.1, 0.15) is 5.69 Å². The summed E-state index contributed by atoms with van der Waals surface area (Å²) in [5, 5.41) is 11.3. The molecule has 0 spiro atoms. The Balaban J connectivity index is 1.69. The fraction of sp³-hybridized carbons (Fsp3) is 0.722. The SMILES string of the molecule is Cn1cccc1C(=O)N1CC[C@@](O)(CN2CCOCC2)C(C)(C)C1. The summed E-state index contributed by atoms with van der Waals surface area (Å²) in [6.45, 7) is 9.13. The number of β-amino-alcohol motifs (C(OH)–C–C–N with tert-alkyl or cyclic N) is 1. The standard InChI is InChI=1S/C18H29N3O3/c1-17(2)13-21(16(22)15-5-4-7-19(15)3)8-6-18(17,23)14-20-9-11-24-12-10-20/h4-5,7,23H,6,8-14H2,1-3H3/t18-/m1/s1. The Bertz CT molecular complexity index is 592. The molecule has 2 saturated heterocycles. The van der Waals surface area contributed by atoms with Gasteiger partial charge in [-0.1, -0.05) is 13.8 Å². The van der Waals surface area contributed by atoms with Crippen LogP contribution in [0.3, 0.4) is 0 Å². The van der Waals surface area contributed by atoms with Crippen molar-refractivity contribution in [1.82, 2.24) is 14.4 Å². The van der Waals surface area contributed by atoms with Crippen molar-refractivity contribution in [3.05, 3.63) is 24.0 Å². The molecule has 134 valence electrons. The van der Waals surface area contributed by atoms with E-state index < -0.39 is 5.60 Å². The molecule has 2 aliphatic rings. The Morgan fingerprint density at radius 2 is 2.00 bits per heavy atom. The molecule has 0 saturated carbocycles. The number of rotatable bonds is 3. The van der Waals surface area contributed by atoms with Gasteiger partial charge in [0.05, 0.1) is 18.8 Å². The predicted octanol–water partition coefficient (Wildman–Crippen LogP) is 0.960. The highest BCUT2D eigenvalue weighted by Gasteiger charge is 2.49. The minimum absolute atomic E-state index is 0.0454. The second-order valence-corrected chi connectivity index (χ2v) is 7.79. The molecule has 0 bridgehead atoms. The van der Waals surface area contributed by atoms with Crippen LogP contribution in [-0.2, 0) is 11.8 Å². The Labute approximate surface area is 144 Å². The van der Waals surface area contributed by atoms with Crippen LogP contribution in [0.25, 0.3) is 0 Å². The van der Waals surface area contributed by atoms with Gasteiger partial charge in [-0.15, -0.1) is 0 Å². The number of carbonyl (C=O) groups excluding carboxylic acids is 1. The number of hydrogen-bond donors (Lipinski definition) is 1. The lowest BCUT2D eigenvalue weighted by Gasteiger charge is -2.52. The molecule has 0 unspecified atom stereocenters. The number of nitrogens with zero attached hydrogens (tertiary/aromatic N) is 3. The molecule has 1 aromatic rings. The van der Waals surface area contributed by atoms with E-state index >= 15 is 0 Å². The van der Waals surface area contributed by atoms with Crippen molar-refractivity contribution < 1.29 is 14.6 Å². The molecule has 1 N–H and O–H groups in total. The molecule has 0 aromatic carbocycles. The van der Waals surface area contributed by atoms with Crippen molar-refractivity contribution in [2.24, 2.45) is 12.5 Å². The highest BCUT2D eigenvalue weighted by Crippen LogP contribution is 2.39. The molecule has 3 heterocycles. The van der Waals surface area contributed by atoms with Crippen molar-refractivity contribution in [2.75, 3.05) is 45.9 Å². The van der Waals surface area contributed by atoms with Gasteiger partial charge in [-0.05, 0) is 18.6 Å². The number of carbonyl (C=O) groups is 1. The van der Waals surface area contributed by atoms with Gasteiger partial charge in [0.15, 0.2) is 0 Å². The van der Waals surface area contributed by atoms with E-state index in [1.165, 1.54) is 0 Å². The molecule has 1 aromatic heterocycles. The maximum atomic E-state index is 12.8. The molecule has 3 rings (SSSR count). The second kappa shape index (κ2) is 6.50. The Hall–Kier alpha value is -1.37. The van der Waals surface area contributed by atoms with Crippen LogP contribution in [0.1, 0.15) is 30.8 Å². The first-order valence-corrected chi connectivity index (χ1v) is 8.75. The molecule has 2 aliphatic heterocycles. The summed E-state index contributed by atoms with van der Waals surface area (Å²) in [6, 6.07) is 3.74. The van der Waals surface area contributed by atoms with Crippen LogP contribution in [0.5, 0.6) is 0 Å². The lowest BCUT2D eigenvalue weighted by molar-refractivity contribution is -0.133. The van der Waals surface area contributed by atoms with E-state index in [0.717, 1.165) is 26.3 Å². The van der Waals surface area contributed by atoms with E-state index in [1.807, 2.05) is 34.8 Å². The van der Waals surface area contributed by atoms with Crippen molar-refractivity contribution >= 4 is 5.91 Å². The zero-order valence-electron chi connectivity index (χ0n) is 15.0. The van der Waals surface area contributed by atoms with Crippen molar-refractivity contribution in [1.29, 1.82) is 0 Å². The summed E-state index contributed by atoms with van der Waals surface area (Å²) in [6.07, 6.45) is 2.49. The summed E-state index contributed by atoms with van der Waals surface area (Å²) in [5.74, 6) is 0.0454. The molecule has 6 nitrogen and oxygen atoms in total. The van der Waals surface area contributed by atoms with Crippen molar-refractivity contribution in [2.45, 2.75) is 25.9 Å². The first-order chi connectivity index (χ1) is 11.3. The van der Waals surface area contributed by atoms with E-state index in [9.17, 15) is 9.90 Å². The van der Waals surface area contributed by atoms with E-state index in [0.29, 0.717) is 31.7 Å². The summed E-state index contributed by atoms with van der Waals surface area (Å²) >= 11 is 0. The number of morpholine rings is 1. The summed E-state index contributed by atoms with van der Waals surface area (Å²) in [4.78, 5) is 16.9. The first-order valence-electron chi connectivity index (χ1n) is 8.75. The number of hydrogen-bond acceptors (Lipinski definition) is 4. The largest absolute Gasteiger partial charge is 0.388 e. The number of amides is 1. The maximum absolute atomic E-state index is 12.8. The predicted molar refractivity (Wildman–Crippen MR) is 91.9 cm³/mol. The highest BCUT2D eigenvalue weighted by atomic mass is 16.5. The van der Waals surface area contributed by atoms with Gasteiger partial charge in [0, 0.05) is 51.4 Å². The molecule has 1 amide bonds. The quantitative estimate of drug-likeness (QED) is 0.894. The van der Waals surface area contributed by atoms with E-state index in [4.69, 9.17) is 4.74 Å². The molecule has 1 atom stereocenters. The zero-order valence-corrected chi connectivity index (χ0v) is 15.0. The molecule has 0 aliphatic carbocycles. The maximum Gasteiger partial charge on any atom is 0.270 e. The summed E-state index contributed by atoms with van der Waals surface area (Å²) in [7, 11) is 1.89. The Kier molecular flexibility index (Phi) is 4.73. The molecule has 24 heavy (non-hydrogen) atoms. The number of aromatic nitrogens is 1. The van der Waals surface area contributed by atoms with Crippen molar-refractivity contribution in [3.63, 3.8) is 0 Å². The third kappa shape index (κ3) is 3.23. The van der Waals surface area contributed by atoms with Gasteiger partial charge >= 0.3 is 0 Å². The number of piperidine rings is 1. The summed E-state index contributed by atoms with van der Waals surface area (Å²) in [5.41, 5.74) is -0.441. The Morgan fingerprint density at radius 3 is 2.58 bits per heavy atom. The second-order valence-electron chi connectivity index (χ2n) is 7.79. The highest BCUT2D eigenvalue weighted by molar-refractivity contribution is 5.92. The minimum Gasteiger partial charge on any atom is -0.388 e. The van der Waals surface area contributed by atoms with E-state index in [-0.39, 0.29) is 11.3 Å². The van der Waals surface area contributed by atoms with Gasteiger partial charge < -0.3 is 19.3 Å². The fourth-order valence-corrected chi connectivity index (χ4v) is 3.80. The van der Waals surface area contributed by atoms with Crippen LogP contribution < -0.4 is 0 Å². The topological polar surface area (TPSA) is 57.9 Å². The fourth-order valence-electron chi connectivity index (χ4n) is 3.80. The van der Waals surface area contributed by atoms with Gasteiger partial charge in [-0.2, -0.15) is 0 Å². The van der Waals surface area contributed by atoms with Crippen molar-refractivity contribution in [3.8, 4) is 0 Å². The molecular formula is C18H29N3O3.